The first-order valence-corrected chi connectivity index (χ1v) is 8.42. The smallest absolute Gasteiger partial charge is 0.233 e. The molecule has 0 bridgehead atoms. The molecule has 2 rings (SSSR count). The minimum absolute atomic E-state index is 0.0902. The van der Waals surface area contributed by atoms with Gasteiger partial charge in [0.2, 0.25) is 6.41 Å². The van der Waals surface area contributed by atoms with E-state index in [0.29, 0.717) is 5.06 Å². The van der Waals surface area contributed by atoms with Gasteiger partial charge in [-0.15, -0.1) is 0 Å². The van der Waals surface area contributed by atoms with Crippen molar-refractivity contribution in [1.29, 1.82) is 0 Å². The van der Waals surface area contributed by atoms with E-state index in [4.69, 9.17) is 9.47 Å². The summed E-state index contributed by atoms with van der Waals surface area (Å²) in [6.07, 6.45) is -0.566. The lowest BCUT2D eigenvalue weighted by Crippen LogP contribution is -2.47. The van der Waals surface area contributed by atoms with Crippen LogP contribution in [-0.4, -0.2) is 55.4 Å². The van der Waals surface area contributed by atoms with E-state index in [-0.39, 0.29) is 17.9 Å². The third kappa shape index (κ3) is 3.83. The molecule has 0 spiro atoms. The van der Waals surface area contributed by atoms with Crippen LogP contribution in [0.25, 0.3) is 0 Å². The molecule has 0 aromatic heterocycles. The van der Waals surface area contributed by atoms with Crippen LogP contribution < -0.4 is 0 Å². The van der Waals surface area contributed by atoms with Crippen molar-refractivity contribution in [1.82, 2.24) is 5.06 Å². The van der Waals surface area contributed by atoms with Crippen molar-refractivity contribution in [2.24, 2.45) is 0 Å². The van der Waals surface area contributed by atoms with Crippen molar-refractivity contribution in [2.45, 2.75) is 36.7 Å². The Hall–Kier alpha value is -1.48. The van der Waals surface area contributed by atoms with Crippen LogP contribution in [0.1, 0.15) is 13.8 Å². The summed E-state index contributed by atoms with van der Waals surface area (Å²) in [5.74, 6) is -1.35. The lowest BCUT2D eigenvalue weighted by Gasteiger charge is -2.27. The van der Waals surface area contributed by atoms with Crippen molar-refractivity contribution in [3.8, 4) is 0 Å². The Bertz CT molecular complexity index is 615. The highest BCUT2D eigenvalue weighted by Crippen LogP contribution is 2.27. The van der Waals surface area contributed by atoms with E-state index < -0.39 is 33.5 Å². The zero-order chi connectivity index (χ0) is 16.4. The summed E-state index contributed by atoms with van der Waals surface area (Å²) in [5.41, 5.74) is 0. The maximum absolute atomic E-state index is 12.4. The van der Waals surface area contributed by atoms with E-state index in [1.807, 2.05) is 0 Å². The largest absolute Gasteiger partial charge is 0.348 e. The van der Waals surface area contributed by atoms with Crippen molar-refractivity contribution < 1.29 is 27.9 Å². The quantitative estimate of drug-likeness (QED) is 0.472. The van der Waals surface area contributed by atoms with Crippen LogP contribution in [-0.2, 0) is 24.1 Å². The summed E-state index contributed by atoms with van der Waals surface area (Å²) in [7, 11) is -3.69. The molecule has 8 heteroatoms. The summed E-state index contributed by atoms with van der Waals surface area (Å²) in [6, 6.07) is 6.80. The molecule has 1 aromatic rings. The maximum Gasteiger partial charge on any atom is 0.233 e. The van der Waals surface area contributed by atoms with Crippen LogP contribution in [0.5, 0.6) is 0 Å². The Morgan fingerprint density at radius 1 is 1.41 bits per heavy atom. The van der Waals surface area contributed by atoms with Gasteiger partial charge in [-0.05, 0) is 26.0 Å². The van der Waals surface area contributed by atoms with Gasteiger partial charge in [0.05, 0.1) is 17.3 Å². The highest BCUT2D eigenvalue weighted by Gasteiger charge is 2.41. The van der Waals surface area contributed by atoms with Crippen molar-refractivity contribution in [3.63, 3.8) is 0 Å². The second kappa shape index (κ2) is 6.33. The number of rotatable bonds is 6. The molecule has 7 nitrogen and oxygen atoms in total. The number of hydroxylamine groups is 2. The molecular formula is C14H19NO6S. The number of carbonyl (C=O) groups excluding carboxylic acids is 1. The van der Waals surface area contributed by atoms with Crippen LogP contribution in [0, 0.1) is 0 Å². The Labute approximate surface area is 129 Å². The average Bonchev–Trinajstić information content (AvgIpc) is 2.85. The molecular weight excluding hydrogens is 310 g/mol. The number of hydrogen-bond donors (Lipinski definition) is 1. The van der Waals surface area contributed by atoms with Crippen molar-refractivity contribution in [2.75, 3.05) is 12.4 Å². The predicted molar refractivity (Wildman–Crippen MR) is 76.9 cm³/mol. The number of nitrogens with zero attached hydrogens (tertiary/aromatic N) is 1. The Kier molecular flexibility index (Phi) is 4.86. The van der Waals surface area contributed by atoms with E-state index in [1.165, 1.54) is 12.1 Å². The Morgan fingerprint density at radius 2 is 2.05 bits per heavy atom. The van der Waals surface area contributed by atoms with Gasteiger partial charge in [0.1, 0.15) is 12.1 Å². The van der Waals surface area contributed by atoms with Crippen molar-refractivity contribution >= 4 is 16.2 Å². The van der Waals surface area contributed by atoms with Crippen LogP contribution in [0.15, 0.2) is 35.2 Å². The Balaban J connectivity index is 2.23. The first-order chi connectivity index (χ1) is 10.2. The third-order valence-electron chi connectivity index (χ3n) is 3.40. The fourth-order valence-electron chi connectivity index (χ4n) is 2.29. The molecule has 1 amide bonds. The molecule has 1 aromatic carbocycles. The monoisotopic (exact) mass is 329 g/mol. The second-order valence-corrected chi connectivity index (χ2v) is 7.55. The zero-order valence-corrected chi connectivity index (χ0v) is 13.2. The number of ether oxygens (including phenoxy) is 2. The molecule has 0 unspecified atom stereocenters. The molecule has 1 aliphatic heterocycles. The summed E-state index contributed by atoms with van der Waals surface area (Å²) in [4.78, 5) is 11.0. The molecule has 0 aliphatic carbocycles. The lowest BCUT2D eigenvalue weighted by molar-refractivity contribution is -0.182. The van der Waals surface area contributed by atoms with Gasteiger partial charge >= 0.3 is 0 Å². The molecule has 1 N–H and O–H groups in total. The van der Waals surface area contributed by atoms with Crippen LogP contribution in [0.2, 0.25) is 0 Å². The first-order valence-electron chi connectivity index (χ1n) is 6.77. The molecule has 22 heavy (non-hydrogen) atoms. The van der Waals surface area contributed by atoms with Gasteiger partial charge in [0, 0.05) is 0 Å². The van der Waals surface area contributed by atoms with Gasteiger partial charge in [-0.2, -0.15) is 0 Å². The molecule has 1 saturated heterocycles. The lowest BCUT2D eigenvalue weighted by atomic mass is 10.2. The normalized spacial score (nSPS) is 22.2. The molecule has 1 fully saturated rings. The van der Waals surface area contributed by atoms with Gasteiger partial charge in [-0.25, -0.2) is 13.5 Å². The van der Waals surface area contributed by atoms with Gasteiger partial charge < -0.3 is 9.47 Å². The highest BCUT2D eigenvalue weighted by atomic mass is 32.2. The van der Waals surface area contributed by atoms with E-state index in [0.717, 1.165) is 0 Å². The van der Waals surface area contributed by atoms with Gasteiger partial charge in [0.25, 0.3) is 0 Å². The summed E-state index contributed by atoms with van der Waals surface area (Å²) >= 11 is 0. The molecule has 1 heterocycles. The minimum atomic E-state index is -3.69. The van der Waals surface area contributed by atoms with E-state index in [2.05, 4.69) is 0 Å². The molecule has 2 atom stereocenters. The topological polar surface area (TPSA) is 93.1 Å². The zero-order valence-electron chi connectivity index (χ0n) is 12.4. The summed E-state index contributed by atoms with van der Waals surface area (Å²) < 4.78 is 35.8. The fourth-order valence-corrected chi connectivity index (χ4v) is 3.87. The van der Waals surface area contributed by atoms with E-state index >= 15 is 0 Å². The fraction of sp³-hybridized carbons (Fsp3) is 0.500. The molecule has 0 saturated carbocycles. The summed E-state index contributed by atoms with van der Waals surface area (Å²) in [6.45, 7) is 3.45. The standard InChI is InChI=1S/C14H19NO6S/c1-14(2)20-8-13(21-14)12(15(17)10-16)9-22(18,19)11-6-4-3-5-7-11/h3-7,10,12-13,17H,8-9H2,1-2H3/t12-,13-/m1/s1. The number of amides is 1. The predicted octanol–water partition coefficient (Wildman–Crippen LogP) is 0.828. The number of benzene rings is 1. The summed E-state index contributed by atoms with van der Waals surface area (Å²) in [5, 5.41) is 10.1. The minimum Gasteiger partial charge on any atom is -0.348 e. The van der Waals surface area contributed by atoms with Crippen LogP contribution in [0.4, 0.5) is 0 Å². The van der Waals surface area contributed by atoms with Gasteiger partial charge in [-0.1, -0.05) is 18.2 Å². The first kappa shape index (κ1) is 16.9. The number of sulfone groups is 1. The number of carbonyl (C=O) groups is 1. The highest BCUT2D eigenvalue weighted by molar-refractivity contribution is 7.91. The SMILES string of the molecule is CC1(C)OC[C@H]([C@@H](CS(=O)(=O)c2ccccc2)N(O)C=O)O1. The van der Waals surface area contributed by atoms with E-state index in [1.54, 1.807) is 32.0 Å². The molecule has 122 valence electrons. The average molecular weight is 329 g/mol. The number of hydrogen-bond acceptors (Lipinski definition) is 6. The molecule has 1 aliphatic rings. The molecule has 0 radical (unpaired) electrons. The second-order valence-electron chi connectivity index (χ2n) is 5.51. The maximum atomic E-state index is 12.4. The van der Waals surface area contributed by atoms with Crippen LogP contribution in [0.3, 0.4) is 0 Å². The van der Waals surface area contributed by atoms with Crippen molar-refractivity contribution in [3.05, 3.63) is 30.3 Å². The van der Waals surface area contributed by atoms with E-state index in [9.17, 15) is 18.4 Å². The third-order valence-corrected chi connectivity index (χ3v) is 5.17. The van der Waals surface area contributed by atoms with Crippen LogP contribution >= 0.6 is 0 Å². The van der Waals surface area contributed by atoms with Gasteiger partial charge in [-0.3, -0.25) is 10.0 Å². The Morgan fingerprint density at radius 3 is 2.55 bits per heavy atom. The van der Waals surface area contributed by atoms with Gasteiger partial charge in [0.15, 0.2) is 15.6 Å².